The first kappa shape index (κ1) is 20.5. The van der Waals surface area contributed by atoms with Gasteiger partial charge < -0.3 is 15.1 Å². The molecule has 0 spiro atoms. The van der Waals surface area contributed by atoms with Crippen LogP contribution >= 0.6 is 22.9 Å². The zero-order chi connectivity index (χ0) is 21.1. The number of anilines is 1. The Kier molecular flexibility index (Phi) is 6.10. The van der Waals surface area contributed by atoms with Crippen LogP contribution in [0.5, 0.6) is 0 Å². The molecule has 156 valence electrons. The van der Waals surface area contributed by atoms with Gasteiger partial charge in [-0.1, -0.05) is 22.9 Å². The van der Waals surface area contributed by atoms with Gasteiger partial charge in [-0.05, 0) is 30.3 Å². The summed E-state index contributed by atoms with van der Waals surface area (Å²) in [5.74, 6) is -0.957. The number of carbonyl (C=O) groups excluding carboxylic acids is 2. The number of hydrogen-bond acceptors (Lipinski definition) is 6. The van der Waals surface area contributed by atoms with E-state index in [-0.39, 0.29) is 29.5 Å². The van der Waals surface area contributed by atoms with E-state index in [2.05, 4.69) is 20.2 Å². The first-order valence-electron chi connectivity index (χ1n) is 9.49. The number of carbonyl (C=O) groups is 2. The second-order valence-electron chi connectivity index (χ2n) is 6.82. The fourth-order valence-corrected chi connectivity index (χ4v) is 4.46. The number of aromatic nitrogens is 2. The predicted molar refractivity (Wildman–Crippen MR) is 115 cm³/mol. The van der Waals surface area contributed by atoms with Gasteiger partial charge in [0.15, 0.2) is 5.13 Å². The van der Waals surface area contributed by atoms with Gasteiger partial charge >= 0.3 is 0 Å². The number of nitrogens with one attached hydrogen (secondary N) is 1. The maximum Gasteiger partial charge on any atom is 0.252 e. The Morgan fingerprint density at radius 2 is 2.00 bits per heavy atom. The number of thiazole rings is 1. The number of nitrogens with zero attached hydrogens (tertiary/aromatic N) is 4. The highest BCUT2D eigenvalue weighted by molar-refractivity contribution is 7.21. The lowest BCUT2D eigenvalue weighted by Gasteiger charge is -2.34. The molecule has 0 saturated carbocycles. The normalized spacial score (nSPS) is 14.2. The van der Waals surface area contributed by atoms with E-state index in [0.717, 1.165) is 21.5 Å². The van der Waals surface area contributed by atoms with Crippen molar-refractivity contribution in [2.24, 2.45) is 0 Å². The summed E-state index contributed by atoms with van der Waals surface area (Å²) in [5, 5.41) is 3.62. The molecular weight excluding hydrogens is 429 g/mol. The van der Waals surface area contributed by atoms with Crippen molar-refractivity contribution < 1.29 is 14.0 Å². The summed E-state index contributed by atoms with van der Waals surface area (Å²) in [7, 11) is 0. The number of pyridine rings is 1. The lowest BCUT2D eigenvalue weighted by molar-refractivity contribution is -0.131. The fourth-order valence-electron chi connectivity index (χ4n) is 3.25. The van der Waals surface area contributed by atoms with E-state index in [4.69, 9.17) is 11.6 Å². The van der Waals surface area contributed by atoms with E-state index in [9.17, 15) is 14.0 Å². The average Bonchev–Trinajstić information content (AvgIpc) is 3.18. The molecule has 1 saturated heterocycles. The van der Waals surface area contributed by atoms with Crippen LogP contribution in [0.25, 0.3) is 10.3 Å². The highest BCUT2D eigenvalue weighted by Gasteiger charge is 2.23. The van der Waals surface area contributed by atoms with Gasteiger partial charge in [0.25, 0.3) is 5.91 Å². The van der Waals surface area contributed by atoms with E-state index in [0.29, 0.717) is 26.2 Å². The largest absolute Gasteiger partial charge is 0.351 e. The van der Waals surface area contributed by atoms with Gasteiger partial charge in [-0.25, -0.2) is 14.4 Å². The summed E-state index contributed by atoms with van der Waals surface area (Å²) in [4.78, 5) is 38.4. The Hall–Kier alpha value is -2.78. The number of rotatable bonds is 5. The average molecular weight is 448 g/mol. The van der Waals surface area contributed by atoms with Crippen molar-refractivity contribution in [1.29, 1.82) is 0 Å². The van der Waals surface area contributed by atoms with Gasteiger partial charge in [-0.3, -0.25) is 9.59 Å². The van der Waals surface area contributed by atoms with E-state index >= 15 is 0 Å². The molecule has 1 aliphatic heterocycles. The van der Waals surface area contributed by atoms with Crippen LogP contribution in [-0.2, 0) is 4.79 Å². The van der Waals surface area contributed by atoms with Crippen molar-refractivity contribution in [2.75, 3.05) is 37.6 Å². The molecule has 7 nitrogen and oxygen atoms in total. The molecule has 0 unspecified atom stereocenters. The third-order valence-corrected chi connectivity index (χ3v) is 6.21. The summed E-state index contributed by atoms with van der Waals surface area (Å²) in [6, 6.07) is 7.39. The number of benzene rings is 1. The van der Waals surface area contributed by atoms with Crippen LogP contribution in [0.1, 0.15) is 16.8 Å². The Morgan fingerprint density at radius 3 is 2.73 bits per heavy atom. The molecule has 0 bridgehead atoms. The lowest BCUT2D eigenvalue weighted by Crippen LogP contribution is -2.49. The molecule has 3 aromatic rings. The molecule has 1 fully saturated rings. The van der Waals surface area contributed by atoms with Crippen molar-refractivity contribution in [2.45, 2.75) is 6.42 Å². The van der Waals surface area contributed by atoms with Crippen LogP contribution < -0.4 is 10.2 Å². The molecule has 3 heterocycles. The molecule has 0 atom stereocenters. The van der Waals surface area contributed by atoms with Gasteiger partial charge in [-0.2, -0.15) is 0 Å². The van der Waals surface area contributed by atoms with Crippen molar-refractivity contribution in [1.82, 2.24) is 20.2 Å². The number of fused-ring (bicyclic) bond motifs is 1. The maximum absolute atomic E-state index is 13.1. The molecular formula is C20H19ClFN5O2S. The van der Waals surface area contributed by atoms with Gasteiger partial charge in [0.1, 0.15) is 16.2 Å². The van der Waals surface area contributed by atoms with Gasteiger partial charge in [-0.15, -0.1) is 0 Å². The van der Waals surface area contributed by atoms with E-state index in [1.54, 1.807) is 22.4 Å². The van der Waals surface area contributed by atoms with Crippen molar-refractivity contribution in [3.63, 3.8) is 0 Å². The summed E-state index contributed by atoms with van der Waals surface area (Å²) in [5.41, 5.74) is 1.07. The van der Waals surface area contributed by atoms with Crippen LogP contribution in [0.3, 0.4) is 0 Å². The molecule has 1 aromatic carbocycles. The predicted octanol–water partition coefficient (Wildman–Crippen LogP) is 2.95. The summed E-state index contributed by atoms with van der Waals surface area (Å²) in [6.45, 7) is 2.78. The molecule has 0 aliphatic carbocycles. The second kappa shape index (κ2) is 8.93. The van der Waals surface area contributed by atoms with Crippen LogP contribution in [0.4, 0.5) is 9.52 Å². The summed E-state index contributed by atoms with van der Waals surface area (Å²) >= 11 is 7.44. The molecule has 30 heavy (non-hydrogen) atoms. The molecule has 2 amide bonds. The van der Waals surface area contributed by atoms with E-state index in [1.807, 2.05) is 12.1 Å². The minimum Gasteiger partial charge on any atom is -0.351 e. The highest BCUT2D eigenvalue weighted by Crippen LogP contribution is 2.27. The molecule has 0 radical (unpaired) electrons. The van der Waals surface area contributed by atoms with Crippen LogP contribution in [0, 0.1) is 5.82 Å². The zero-order valence-corrected chi connectivity index (χ0v) is 17.5. The third kappa shape index (κ3) is 4.52. The monoisotopic (exact) mass is 447 g/mol. The Morgan fingerprint density at radius 1 is 1.20 bits per heavy atom. The molecule has 10 heteroatoms. The van der Waals surface area contributed by atoms with Crippen molar-refractivity contribution in [3.05, 3.63) is 52.9 Å². The summed E-state index contributed by atoms with van der Waals surface area (Å²) < 4.78 is 13.1. The molecule has 2 aromatic heterocycles. The maximum atomic E-state index is 13.1. The Labute approximate surface area is 181 Å². The zero-order valence-electron chi connectivity index (χ0n) is 16.0. The van der Waals surface area contributed by atoms with Gasteiger partial charge in [0.2, 0.25) is 5.91 Å². The van der Waals surface area contributed by atoms with Gasteiger partial charge in [0.05, 0.1) is 10.6 Å². The number of amides is 2. The van der Waals surface area contributed by atoms with Crippen LogP contribution in [-0.4, -0.2) is 59.4 Å². The minimum atomic E-state index is -0.506. The molecule has 1 aliphatic rings. The summed E-state index contributed by atoms with van der Waals surface area (Å²) in [6.07, 6.45) is 1.94. The van der Waals surface area contributed by atoms with Gasteiger partial charge in [0, 0.05) is 45.3 Å². The minimum absolute atomic E-state index is 0.0221. The van der Waals surface area contributed by atoms with Crippen molar-refractivity contribution >= 4 is 50.2 Å². The van der Waals surface area contributed by atoms with Crippen LogP contribution in [0.15, 0.2) is 36.5 Å². The topological polar surface area (TPSA) is 78.4 Å². The second-order valence-corrected chi connectivity index (χ2v) is 8.19. The molecule has 1 N–H and O–H groups in total. The van der Waals surface area contributed by atoms with Crippen molar-refractivity contribution in [3.8, 4) is 0 Å². The smallest absolute Gasteiger partial charge is 0.252 e. The fraction of sp³-hybridized carbons (Fsp3) is 0.300. The Bertz CT molecular complexity index is 1050. The van der Waals surface area contributed by atoms with Crippen LogP contribution in [0.2, 0.25) is 5.02 Å². The number of piperazine rings is 1. The lowest BCUT2D eigenvalue weighted by atomic mass is 10.2. The SMILES string of the molecule is O=C(NCCC(=O)N1CCN(c2nc3cccnc3s2)CC1)c1ccc(F)cc1Cl. The van der Waals surface area contributed by atoms with E-state index in [1.165, 1.54) is 12.1 Å². The standard InChI is InChI=1S/C20H19ClFN5O2S/c21-15-12-13(22)3-4-14(15)18(29)23-7-5-17(28)26-8-10-27(11-9-26)20-25-16-2-1-6-24-19(16)30-20/h1-4,6,12H,5,7-11H2,(H,23,29). The number of halogens is 2. The third-order valence-electron chi connectivity index (χ3n) is 4.86. The quantitative estimate of drug-likeness (QED) is 0.650. The molecule has 4 rings (SSSR count). The number of hydrogen-bond donors (Lipinski definition) is 1. The highest BCUT2D eigenvalue weighted by atomic mass is 35.5. The van der Waals surface area contributed by atoms with E-state index < -0.39 is 11.7 Å². The first-order valence-corrected chi connectivity index (χ1v) is 10.7. The Balaban J connectivity index is 1.25. The first-order chi connectivity index (χ1) is 14.5.